The van der Waals surface area contributed by atoms with E-state index in [1.165, 1.54) is 22.4 Å². The van der Waals surface area contributed by atoms with E-state index in [0.29, 0.717) is 12.1 Å². The molecule has 0 saturated carbocycles. The smallest absolute Gasteiger partial charge is 0.121 e. The van der Waals surface area contributed by atoms with Gasteiger partial charge in [-0.05, 0) is 38.3 Å². The molecule has 146 valence electrons. The number of hydrogen-bond acceptors (Lipinski definition) is 3. The third-order valence-electron chi connectivity index (χ3n) is 6.02. The van der Waals surface area contributed by atoms with E-state index >= 15 is 0 Å². The molecule has 0 saturated heterocycles. The zero-order chi connectivity index (χ0) is 19.7. The van der Waals surface area contributed by atoms with Crippen LogP contribution >= 0.6 is 0 Å². The van der Waals surface area contributed by atoms with Gasteiger partial charge in [0.2, 0.25) is 0 Å². The van der Waals surface area contributed by atoms with Gasteiger partial charge in [-0.3, -0.25) is 0 Å². The van der Waals surface area contributed by atoms with Gasteiger partial charge in [0.15, 0.2) is 0 Å². The number of para-hydroxylation sites is 1. The molecule has 4 rings (SSSR count). The normalized spacial score (nSPS) is 15.1. The highest BCUT2D eigenvalue weighted by atomic mass is 15.4. The van der Waals surface area contributed by atoms with Gasteiger partial charge >= 0.3 is 0 Å². The molecule has 0 bridgehead atoms. The first-order valence-electron chi connectivity index (χ1n) is 10.5. The monoisotopic (exact) mass is 374 g/mol. The van der Waals surface area contributed by atoms with Crippen LogP contribution in [0, 0.1) is 0 Å². The van der Waals surface area contributed by atoms with Crippen LogP contribution in [-0.4, -0.2) is 21.0 Å². The molecule has 1 aliphatic rings. The minimum atomic E-state index is 0.318. The molecule has 4 heteroatoms. The summed E-state index contributed by atoms with van der Waals surface area (Å²) in [4.78, 5) is 2.54. The highest BCUT2D eigenvalue weighted by molar-refractivity contribution is 5.88. The molecule has 2 heterocycles. The van der Waals surface area contributed by atoms with Gasteiger partial charge in [-0.2, -0.15) is 0 Å². The molecule has 1 aliphatic heterocycles. The second-order valence-corrected chi connectivity index (χ2v) is 7.93. The molecule has 0 radical (unpaired) electrons. The summed E-state index contributed by atoms with van der Waals surface area (Å²) < 4.78 is 2.15. The summed E-state index contributed by atoms with van der Waals surface area (Å²) in [7, 11) is 0. The van der Waals surface area contributed by atoms with Gasteiger partial charge in [-0.15, -0.1) is 5.10 Å². The molecule has 3 aromatic rings. The molecular weight excluding hydrogens is 344 g/mol. The summed E-state index contributed by atoms with van der Waals surface area (Å²) in [5.74, 6) is 0. The molecule has 0 fully saturated rings. The van der Waals surface area contributed by atoms with Gasteiger partial charge in [-0.1, -0.05) is 67.9 Å². The molecule has 2 aromatic carbocycles. The van der Waals surface area contributed by atoms with E-state index in [4.69, 9.17) is 0 Å². The molecule has 0 amide bonds. The Bertz CT molecular complexity index is 959. The quantitative estimate of drug-likeness (QED) is 0.542. The first kappa shape index (κ1) is 18.7. The number of hydrogen-bond donors (Lipinski definition) is 0. The van der Waals surface area contributed by atoms with Crippen LogP contribution in [0.3, 0.4) is 0 Å². The Kier molecular flexibility index (Phi) is 5.21. The fourth-order valence-corrected chi connectivity index (χ4v) is 4.27. The van der Waals surface area contributed by atoms with Crippen LogP contribution < -0.4 is 4.90 Å². The minimum Gasteiger partial charge on any atom is -0.364 e. The van der Waals surface area contributed by atoms with Gasteiger partial charge in [-0.25, -0.2) is 4.68 Å². The average Bonchev–Trinajstić information content (AvgIpc) is 3.15. The Morgan fingerprint density at radius 3 is 2.39 bits per heavy atom. The highest BCUT2D eigenvalue weighted by Crippen LogP contribution is 2.42. The van der Waals surface area contributed by atoms with Crippen molar-refractivity contribution in [1.82, 2.24) is 15.0 Å². The molecular formula is C24H30N4. The van der Waals surface area contributed by atoms with Crippen molar-refractivity contribution in [3.05, 3.63) is 54.1 Å². The minimum absolute atomic E-state index is 0.318. The SMILES string of the molecule is CCCC(C)n1nnc2c1-c1ccccc1N(C(C)CC)Cc1ccccc1-2. The van der Waals surface area contributed by atoms with Crippen LogP contribution in [0.4, 0.5) is 5.69 Å². The van der Waals surface area contributed by atoms with Crippen molar-refractivity contribution in [3.63, 3.8) is 0 Å². The lowest BCUT2D eigenvalue weighted by atomic mass is 9.94. The summed E-state index contributed by atoms with van der Waals surface area (Å²) in [5.41, 5.74) is 7.19. The molecule has 28 heavy (non-hydrogen) atoms. The van der Waals surface area contributed by atoms with Gasteiger partial charge in [0.25, 0.3) is 0 Å². The maximum atomic E-state index is 4.69. The van der Waals surface area contributed by atoms with E-state index in [-0.39, 0.29) is 0 Å². The van der Waals surface area contributed by atoms with Crippen molar-refractivity contribution in [2.45, 2.75) is 65.6 Å². The summed E-state index contributed by atoms with van der Waals surface area (Å²) in [6, 6.07) is 18.2. The second kappa shape index (κ2) is 7.78. The first-order chi connectivity index (χ1) is 13.7. The van der Waals surface area contributed by atoms with Crippen molar-refractivity contribution in [1.29, 1.82) is 0 Å². The van der Waals surface area contributed by atoms with E-state index < -0.39 is 0 Å². The molecule has 4 nitrogen and oxygen atoms in total. The number of fused-ring (bicyclic) bond motifs is 5. The Balaban J connectivity index is 2.02. The van der Waals surface area contributed by atoms with E-state index in [9.17, 15) is 0 Å². The van der Waals surface area contributed by atoms with Crippen LogP contribution in [0.15, 0.2) is 48.5 Å². The van der Waals surface area contributed by atoms with Gasteiger partial charge in [0.05, 0.1) is 11.7 Å². The topological polar surface area (TPSA) is 34.0 Å². The molecule has 0 spiro atoms. The van der Waals surface area contributed by atoms with Crippen LogP contribution in [0.2, 0.25) is 0 Å². The lowest BCUT2D eigenvalue weighted by molar-refractivity contribution is 0.447. The van der Waals surface area contributed by atoms with Crippen molar-refractivity contribution < 1.29 is 0 Å². The Morgan fingerprint density at radius 1 is 0.929 bits per heavy atom. The first-order valence-corrected chi connectivity index (χ1v) is 10.5. The molecule has 0 aliphatic carbocycles. The number of aromatic nitrogens is 3. The van der Waals surface area contributed by atoms with Crippen LogP contribution in [0.5, 0.6) is 0 Å². The third-order valence-corrected chi connectivity index (χ3v) is 6.02. The Hall–Kier alpha value is -2.62. The fraction of sp³-hybridized carbons (Fsp3) is 0.417. The number of benzene rings is 2. The van der Waals surface area contributed by atoms with Crippen molar-refractivity contribution in [2.24, 2.45) is 0 Å². The number of anilines is 1. The fourth-order valence-electron chi connectivity index (χ4n) is 4.27. The van der Waals surface area contributed by atoms with Crippen LogP contribution in [0.1, 0.15) is 58.6 Å². The van der Waals surface area contributed by atoms with Gasteiger partial charge in [0, 0.05) is 29.4 Å². The maximum Gasteiger partial charge on any atom is 0.121 e. The van der Waals surface area contributed by atoms with Gasteiger partial charge in [0.1, 0.15) is 5.69 Å². The Labute approximate surface area is 168 Å². The Morgan fingerprint density at radius 2 is 1.64 bits per heavy atom. The zero-order valence-corrected chi connectivity index (χ0v) is 17.4. The molecule has 2 unspecified atom stereocenters. The summed E-state index contributed by atoms with van der Waals surface area (Å²) in [6.07, 6.45) is 3.33. The summed E-state index contributed by atoms with van der Waals surface area (Å²) >= 11 is 0. The lowest BCUT2D eigenvalue weighted by Gasteiger charge is -2.35. The van der Waals surface area contributed by atoms with Crippen LogP contribution in [-0.2, 0) is 6.54 Å². The largest absolute Gasteiger partial charge is 0.364 e. The maximum absolute atomic E-state index is 4.69. The van der Waals surface area contributed by atoms with E-state index in [1.807, 2.05) is 0 Å². The van der Waals surface area contributed by atoms with Crippen molar-refractivity contribution >= 4 is 5.69 Å². The van der Waals surface area contributed by atoms with E-state index in [0.717, 1.165) is 37.2 Å². The molecule has 0 N–H and O–H groups in total. The highest BCUT2D eigenvalue weighted by Gasteiger charge is 2.28. The standard InChI is InChI=1S/C24H30N4/c1-5-11-18(4)28-24-21-14-9-10-15-22(21)27(17(3)6-2)16-19-12-7-8-13-20(19)23(24)25-26-28/h7-10,12-15,17-18H,5-6,11,16H2,1-4H3. The second-order valence-electron chi connectivity index (χ2n) is 7.93. The van der Waals surface area contributed by atoms with Crippen molar-refractivity contribution in [2.75, 3.05) is 4.90 Å². The van der Waals surface area contributed by atoms with Gasteiger partial charge < -0.3 is 4.90 Å². The lowest BCUT2D eigenvalue weighted by Crippen LogP contribution is -2.33. The van der Waals surface area contributed by atoms with E-state index in [2.05, 4.69) is 96.1 Å². The number of nitrogens with zero attached hydrogens (tertiary/aromatic N) is 4. The average molecular weight is 375 g/mol. The summed E-state index contributed by atoms with van der Waals surface area (Å²) in [5, 5.41) is 9.32. The zero-order valence-electron chi connectivity index (χ0n) is 17.4. The predicted molar refractivity (Wildman–Crippen MR) is 116 cm³/mol. The number of rotatable bonds is 5. The van der Waals surface area contributed by atoms with Crippen LogP contribution in [0.25, 0.3) is 22.5 Å². The van der Waals surface area contributed by atoms with E-state index in [1.54, 1.807) is 0 Å². The molecule has 1 aromatic heterocycles. The van der Waals surface area contributed by atoms with Crippen molar-refractivity contribution in [3.8, 4) is 22.5 Å². The summed E-state index contributed by atoms with van der Waals surface area (Å²) in [6.45, 7) is 9.94. The predicted octanol–water partition coefficient (Wildman–Crippen LogP) is 6.09. The molecule has 2 atom stereocenters. The third kappa shape index (κ3) is 3.11.